The average molecular weight is 320 g/mol. The zero-order chi connectivity index (χ0) is 16.6. The van der Waals surface area contributed by atoms with Crippen LogP contribution in [0.2, 0.25) is 0 Å². The van der Waals surface area contributed by atoms with E-state index in [4.69, 9.17) is 11.7 Å². The quantitative estimate of drug-likeness (QED) is 0.161. The maximum Gasteiger partial charge on any atom is 0.282 e. The van der Waals surface area contributed by atoms with E-state index in [1.807, 2.05) is 0 Å². The van der Waals surface area contributed by atoms with Crippen LogP contribution in [0.25, 0.3) is 0 Å². The van der Waals surface area contributed by atoms with Crippen molar-refractivity contribution in [3.8, 4) is 18.2 Å². The molecule has 1 aromatic heterocycles. The highest BCUT2D eigenvalue weighted by Gasteiger charge is 2.05. The first kappa shape index (κ1) is 18.8. The van der Waals surface area contributed by atoms with Crippen LogP contribution in [0.4, 0.5) is 0 Å². The molecule has 0 fully saturated rings. The molecule has 0 unspecified atom stereocenters. The monoisotopic (exact) mass is 320 g/mol. The lowest BCUT2D eigenvalue weighted by Gasteiger charge is -1.89. The van der Waals surface area contributed by atoms with Crippen LogP contribution in [0.15, 0.2) is 33.4 Å². The number of imidazole rings is 1. The Bertz CT molecular complexity index is 523. The molecule has 0 atom stereocenters. The van der Waals surface area contributed by atoms with E-state index in [1.165, 1.54) is 0 Å². The largest absolute Gasteiger partial charge is 0.297 e. The van der Waals surface area contributed by atoms with E-state index in [0.29, 0.717) is 4.68 Å². The molecule has 1 heterocycles. The smallest absolute Gasteiger partial charge is 0.282 e. The van der Waals surface area contributed by atoms with Gasteiger partial charge in [-0.15, -0.1) is 6.42 Å². The fourth-order valence-corrected chi connectivity index (χ4v) is 0.637. The summed E-state index contributed by atoms with van der Waals surface area (Å²) in [5.74, 6) is 6.60. The molecule has 0 aliphatic carbocycles. The minimum atomic E-state index is -0.684. The van der Waals surface area contributed by atoms with Gasteiger partial charge in [0.1, 0.15) is 12.7 Å². The van der Waals surface area contributed by atoms with Gasteiger partial charge in [0.25, 0.3) is 5.88 Å². The molecule has 0 aliphatic rings. The summed E-state index contributed by atoms with van der Waals surface area (Å²) < 4.78 is 0.606. The molecule has 0 saturated heterocycles. The fourth-order valence-electron chi connectivity index (χ4n) is 0.637. The van der Waals surface area contributed by atoms with Gasteiger partial charge in [0.15, 0.2) is 11.4 Å². The highest BCUT2D eigenvalue weighted by atomic mass is 17.7. The Balaban J connectivity index is 0.000000401. The zero-order valence-electron chi connectivity index (χ0n) is 10.5. The van der Waals surface area contributed by atoms with Gasteiger partial charge in [-0.3, -0.25) is 4.89 Å². The summed E-state index contributed by atoms with van der Waals surface area (Å²) in [4.78, 5) is 25.0. The van der Waals surface area contributed by atoms with E-state index in [0.717, 1.165) is 12.5 Å². The van der Waals surface area contributed by atoms with Gasteiger partial charge in [-0.05, 0) is 10.3 Å². The van der Waals surface area contributed by atoms with Gasteiger partial charge >= 0.3 is 0 Å². The van der Waals surface area contributed by atoms with Gasteiger partial charge in [0.2, 0.25) is 0 Å². The van der Waals surface area contributed by atoms with E-state index in [2.05, 4.69) is 62.6 Å². The van der Waals surface area contributed by atoms with Crippen LogP contribution in [-0.2, 0) is 20.1 Å². The molecule has 0 radical (unpaired) electrons. The molecule has 0 bridgehead atoms. The molecule has 0 amide bonds. The van der Waals surface area contributed by atoms with Crippen molar-refractivity contribution in [3.63, 3.8) is 0 Å². The number of rotatable bonds is 8. The molecule has 16 nitrogen and oxygen atoms in total. The maximum atomic E-state index is 10.0. The fraction of sp³-hybridized carbons (Fsp3) is 0.167. The number of nitrogens with two attached hydrogens (primary N) is 1. The molecule has 120 valence electrons. The summed E-state index contributed by atoms with van der Waals surface area (Å²) in [6, 6.07) is 0. The second kappa shape index (κ2) is 12.8. The van der Waals surface area contributed by atoms with Gasteiger partial charge in [0, 0.05) is 10.3 Å². The summed E-state index contributed by atoms with van der Waals surface area (Å²) in [7, 11) is 0. The van der Waals surface area contributed by atoms with Crippen LogP contribution in [0.5, 0.6) is 5.88 Å². The Morgan fingerprint density at radius 3 is 2.91 bits per heavy atom. The summed E-state index contributed by atoms with van der Waals surface area (Å²) >= 11 is 0. The number of terminal acetylenes is 1. The molecule has 22 heavy (non-hydrogen) atoms. The van der Waals surface area contributed by atoms with Crippen molar-refractivity contribution in [2.45, 2.75) is 0 Å². The van der Waals surface area contributed by atoms with E-state index < -0.39 is 5.03 Å². The topological polar surface area (TPSA) is 203 Å². The van der Waals surface area contributed by atoms with Crippen LogP contribution in [0, 0.1) is 22.5 Å². The average Bonchev–Trinajstić information content (AvgIpc) is 2.96. The van der Waals surface area contributed by atoms with E-state index in [-0.39, 0.29) is 12.4 Å². The molecule has 3 N–H and O–H groups in total. The second-order valence-corrected chi connectivity index (χ2v) is 2.49. The first-order chi connectivity index (χ1) is 10.7. The van der Waals surface area contributed by atoms with Crippen molar-refractivity contribution in [3.05, 3.63) is 22.6 Å². The third kappa shape index (κ3) is 9.67. The number of nitrogens with zero attached hydrogens (tertiary/aromatic N) is 7. The summed E-state index contributed by atoms with van der Waals surface area (Å²) in [5.41, 5.74) is 0. The molecule has 16 heteroatoms. The molecule has 1 rings (SSSR count). The first-order valence-electron chi connectivity index (χ1n) is 4.72. The molecule has 1 aromatic rings. The molecule has 0 aromatic carbocycles. The van der Waals surface area contributed by atoms with Gasteiger partial charge in [-0.1, -0.05) is 15.6 Å². The lowest BCUT2D eigenvalue weighted by molar-refractivity contribution is -0.626. The van der Waals surface area contributed by atoms with Crippen molar-refractivity contribution in [2.75, 3.05) is 6.54 Å². The Kier molecular flexibility index (Phi) is 10.9. The molecule has 0 aliphatic heterocycles. The standard InChI is InChI=1S/2C3H4N4O4/c4-11-10-3-1-6(2-5-3)7(8)9;1-2-3-4-5-6-7-9-11-10-8/h1-2H,4H2;1,8H,3H2/b;5-4?,7-6+. The van der Waals surface area contributed by atoms with Gasteiger partial charge < -0.3 is 0 Å². The van der Waals surface area contributed by atoms with Gasteiger partial charge in [-0.25, -0.2) is 15.4 Å². The Morgan fingerprint density at radius 2 is 2.36 bits per heavy atom. The lowest BCUT2D eigenvalue weighted by Crippen LogP contribution is -2.05. The van der Waals surface area contributed by atoms with Crippen LogP contribution in [0.1, 0.15) is 0 Å². The van der Waals surface area contributed by atoms with E-state index in [1.54, 1.807) is 0 Å². The highest BCUT2D eigenvalue weighted by Crippen LogP contribution is 2.03. The van der Waals surface area contributed by atoms with Crippen LogP contribution < -0.4 is 10.8 Å². The van der Waals surface area contributed by atoms with Crippen molar-refractivity contribution < 1.29 is 35.2 Å². The van der Waals surface area contributed by atoms with E-state index in [9.17, 15) is 10.1 Å². The molecule has 0 saturated carbocycles. The van der Waals surface area contributed by atoms with Crippen LogP contribution >= 0.6 is 0 Å². The minimum absolute atomic E-state index is 0.0794. The van der Waals surface area contributed by atoms with Crippen molar-refractivity contribution in [1.82, 2.24) is 9.66 Å². The third-order valence-electron chi connectivity index (χ3n) is 1.26. The number of hydrogen-bond donors (Lipinski definition) is 2. The lowest BCUT2D eigenvalue weighted by atomic mass is 10.7. The predicted molar refractivity (Wildman–Crippen MR) is 59.8 cm³/mol. The summed E-state index contributed by atoms with van der Waals surface area (Å²) in [6.07, 6.45) is 6.77. The van der Waals surface area contributed by atoms with Gasteiger partial charge in [-0.2, -0.15) is 21.0 Å². The highest BCUT2D eigenvalue weighted by molar-refractivity contribution is 5.00. The Hall–Kier alpha value is -3.23. The normalized spacial score (nSPS) is 10.0. The van der Waals surface area contributed by atoms with Crippen molar-refractivity contribution >= 4 is 0 Å². The predicted octanol–water partition coefficient (Wildman–Crippen LogP) is -0.186. The third-order valence-corrected chi connectivity index (χ3v) is 1.26. The van der Waals surface area contributed by atoms with Gasteiger partial charge in [0.05, 0.1) is 5.28 Å². The Morgan fingerprint density at radius 1 is 1.59 bits per heavy atom. The summed E-state index contributed by atoms with van der Waals surface area (Å²) in [6.45, 7) is 0.0936. The first-order valence-corrected chi connectivity index (χ1v) is 4.72. The zero-order valence-corrected chi connectivity index (χ0v) is 10.5. The molecular weight excluding hydrogens is 312 g/mol. The maximum absolute atomic E-state index is 10.0. The molecule has 0 spiro atoms. The van der Waals surface area contributed by atoms with Crippen molar-refractivity contribution in [2.24, 2.45) is 26.7 Å². The number of hydrogen-bond acceptors (Lipinski definition) is 12. The van der Waals surface area contributed by atoms with E-state index >= 15 is 0 Å². The second-order valence-electron chi connectivity index (χ2n) is 2.49. The SMILES string of the molecule is C#CCN=N/N=N/OOOO.NOOc1cn([N+](=O)[O-])cn1. The minimum Gasteiger partial charge on any atom is -0.297 e. The van der Waals surface area contributed by atoms with Crippen LogP contribution in [-0.4, -0.2) is 26.5 Å². The number of aromatic nitrogens is 2. The van der Waals surface area contributed by atoms with Crippen molar-refractivity contribution in [1.29, 1.82) is 0 Å². The molecular formula is C6H8N8O8. The Labute approximate surface area is 120 Å². The number of nitro groups is 1. The summed E-state index contributed by atoms with van der Waals surface area (Å²) in [5, 5.41) is 35.1. The van der Waals surface area contributed by atoms with Crippen LogP contribution in [0.3, 0.4) is 0 Å².